The SMILES string of the molecule is CCNC(c1cccc(OC)c1)C(OC)C1CC1. The van der Waals surface area contributed by atoms with Gasteiger partial charge >= 0.3 is 0 Å². The zero-order valence-electron chi connectivity index (χ0n) is 11.5. The van der Waals surface area contributed by atoms with Gasteiger partial charge in [-0.3, -0.25) is 0 Å². The van der Waals surface area contributed by atoms with E-state index in [2.05, 4.69) is 24.4 Å². The average molecular weight is 249 g/mol. The highest BCUT2D eigenvalue weighted by molar-refractivity contribution is 5.31. The third-order valence-corrected chi connectivity index (χ3v) is 3.56. The molecular weight excluding hydrogens is 226 g/mol. The van der Waals surface area contributed by atoms with Gasteiger partial charge in [0.15, 0.2) is 0 Å². The number of rotatable bonds is 7. The van der Waals surface area contributed by atoms with Crippen LogP contribution >= 0.6 is 0 Å². The molecule has 0 amide bonds. The topological polar surface area (TPSA) is 30.5 Å². The number of ether oxygens (including phenoxy) is 2. The van der Waals surface area contributed by atoms with E-state index in [4.69, 9.17) is 9.47 Å². The molecule has 0 aromatic heterocycles. The fourth-order valence-corrected chi connectivity index (χ4v) is 2.50. The monoisotopic (exact) mass is 249 g/mol. The van der Waals surface area contributed by atoms with E-state index in [9.17, 15) is 0 Å². The summed E-state index contributed by atoms with van der Waals surface area (Å²) in [6, 6.07) is 8.51. The van der Waals surface area contributed by atoms with Crippen molar-refractivity contribution in [3.05, 3.63) is 29.8 Å². The third-order valence-electron chi connectivity index (χ3n) is 3.56. The Balaban J connectivity index is 2.21. The number of nitrogens with one attached hydrogen (secondary N) is 1. The Morgan fingerprint density at radius 2 is 2.11 bits per heavy atom. The maximum atomic E-state index is 5.71. The van der Waals surface area contributed by atoms with E-state index in [1.807, 2.05) is 19.2 Å². The normalized spacial score (nSPS) is 18.4. The Bertz CT molecular complexity index is 377. The van der Waals surface area contributed by atoms with Crippen molar-refractivity contribution in [1.82, 2.24) is 5.32 Å². The summed E-state index contributed by atoms with van der Waals surface area (Å²) in [7, 11) is 3.52. The second-order valence-corrected chi connectivity index (χ2v) is 4.85. The molecule has 3 heteroatoms. The summed E-state index contributed by atoms with van der Waals surface area (Å²) in [5, 5.41) is 3.54. The summed E-state index contributed by atoms with van der Waals surface area (Å²) in [4.78, 5) is 0. The largest absolute Gasteiger partial charge is 0.497 e. The van der Waals surface area contributed by atoms with Crippen LogP contribution in [-0.4, -0.2) is 26.9 Å². The molecule has 0 spiro atoms. The second kappa shape index (κ2) is 6.21. The van der Waals surface area contributed by atoms with Crippen LogP contribution in [0, 0.1) is 5.92 Å². The van der Waals surface area contributed by atoms with Crippen molar-refractivity contribution in [1.29, 1.82) is 0 Å². The summed E-state index contributed by atoms with van der Waals surface area (Å²) in [5.74, 6) is 1.60. The van der Waals surface area contributed by atoms with Crippen molar-refractivity contribution in [2.75, 3.05) is 20.8 Å². The Morgan fingerprint density at radius 3 is 2.67 bits per heavy atom. The molecule has 0 radical (unpaired) electrons. The lowest BCUT2D eigenvalue weighted by Crippen LogP contribution is -2.34. The van der Waals surface area contributed by atoms with Crippen molar-refractivity contribution in [2.45, 2.75) is 31.9 Å². The van der Waals surface area contributed by atoms with Crippen LogP contribution in [0.3, 0.4) is 0 Å². The molecular formula is C15H23NO2. The molecule has 1 aliphatic rings. The van der Waals surface area contributed by atoms with Gasteiger partial charge in [0.2, 0.25) is 0 Å². The Kier molecular flexibility index (Phi) is 4.61. The van der Waals surface area contributed by atoms with Crippen LogP contribution in [0.4, 0.5) is 0 Å². The molecule has 1 N–H and O–H groups in total. The molecule has 3 nitrogen and oxygen atoms in total. The maximum Gasteiger partial charge on any atom is 0.119 e. The first kappa shape index (κ1) is 13.4. The average Bonchev–Trinajstić information content (AvgIpc) is 3.23. The highest BCUT2D eigenvalue weighted by Crippen LogP contribution is 2.40. The zero-order chi connectivity index (χ0) is 13.0. The number of hydrogen-bond acceptors (Lipinski definition) is 3. The van der Waals surface area contributed by atoms with Gasteiger partial charge in [-0.05, 0) is 43.0 Å². The van der Waals surface area contributed by atoms with Crippen LogP contribution in [-0.2, 0) is 4.74 Å². The summed E-state index contributed by atoms with van der Waals surface area (Å²) >= 11 is 0. The number of methoxy groups -OCH3 is 2. The molecule has 2 atom stereocenters. The highest BCUT2D eigenvalue weighted by Gasteiger charge is 2.37. The fraction of sp³-hybridized carbons (Fsp3) is 0.600. The summed E-state index contributed by atoms with van der Waals surface area (Å²) in [5.41, 5.74) is 1.25. The molecule has 0 aliphatic heterocycles. The van der Waals surface area contributed by atoms with Gasteiger partial charge in [-0.15, -0.1) is 0 Å². The molecule has 100 valence electrons. The molecule has 1 aromatic carbocycles. The quantitative estimate of drug-likeness (QED) is 0.806. The van der Waals surface area contributed by atoms with Crippen molar-refractivity contribution < 1.29 is 9.47 Å². The van der Waals surface area contributed by atoms with Gasteiger partial charge in [0.25, 0.3) is 0 Å². The first-order valence-electron chi connectivity index (χ1n) is 6.70. The van der Waals surface area contributed by atoms with Gasteiger partial charge in [0.1, 0.15) is 5.75 Å². The lowest BCUT2D eigenvalue weighted by molar-refractivity contribution is 0.0511. The van der Waals surface area contributed by atoms with E-state index in [-0.39, 0.29) is 12.1 Å². The van der Waals surface area contributed by atoms with E-state index >= 15 is 0 Å². The Morgan fingerprint density at radius 1 is 1.33 bits per heavy atom. The van der Waals surface area contributed by atoms with Crippen LogP contribution in [0.1, 0.15) is 31.4 Å². The van der Waals surface area contributed by atoms with Crippen LogP contribution in [0.15, 0.2) is 24.3 Å². The Labute approximate surface area is 109 Å². The molecule has 2 unspecified atom stereocenters. The van der Waals surface area contributed by atoms with E-state index < -0.39 is 0 Å². The van der Waals surface area contributed by atoms with Crippen molar-refractivity contribution in [3.63, 3.8) is 0 Å². The standard InChI is InChI=1S/C15H23NO2/c1-4-16-14(15(18-3)11-8-9-11)12-6-5-7-13(10-12)17-2/h5-7,10-11,14-16H,4,8-9H2,1-3H3. The molecule has 1 aliphatic carbocycles. The van der Waals surface area contributed by atoms with Crippen molar-refractivity contribution in [3.8, 4) is 5.75 Å². The minimum absolute atomic E-state index is 0.252. The van der Waals surface area contributed by atoms with Crippen molar-refractivity contribution >= 4 is 0 Å². The second-order valence-electron chi connectivity index (χ2n) is 4.85. The predicted molar refractivity (Wildman–Crippen MR) is 72.9 cm³/mol. The Hall–Kier alpha value is -1.06. The molecule has 0 heterocycles. The molecule has 18 heavy (non-hydrogen) atoms. The lowest BCUT2D eigenvalue weighted by Gasteiger charge is -2.27. The summed E-state index contributed by atoms with van der Waals surface area (Å²) in [6.07, 6.45) is 2.83. The minimum Gasteiger partial charge on any atom is -0.497 e. The van der Waals surface area contributed by atoms with Gasteiger partial charge < -0.3 is 14.8 Å². The van der Waals surface area contributed by atoms with E-state index in [0.717, 1.165) is 12.3 Å². The van der Waals surface area contributed by atoms with Crippen molar-refractivity contribution in [2.24, 2.45) is 5.92 Å². The molecule has 1 aromatic rings. The molecule has 0 bridgehead atoms. The number of hydrogen-bond donors (Lipinski definition) is 1. The van der Waals surface area contributed by atoms with E-state index in [1.165, 1.54) is 18.4 Å². The van der Waals surface area contributed by atoms with Gasteiger partial charge in [-0.2, -0.15) is 0 Å². The van der Waals surface area contributed by atoms with Gasteiger partial charge in [0.05, 0.1) is 19.3 Å². The van der Waals surface area contributed by atoms with Crippen LogP contribution in [0.25, 0.3) is 0 Å². The van der Waals surface area contributed by atoms with E-state index in [0.29, 0.717) is 5.92 Å². The lowest BCUT2D eigenvalue weighted by atomic mass is 9.97. The predicted octanol–water partition coefficient (Wildman–Crippen LogP) is 2.77. The minimum atomic E-state index is 0.252. The highest BCUT2D eigenvalue weighted by atomic mass is 16.5. The molecule has 2 rings (SSSR count). The van der Waals surface area contributed by atoms with Gasteiger partial charge in [0, 0.05) is 7.11 Å². The van der Waals surface area contributed by atoms with Gasteiger partial charge in [-0.1, -0.05) is 19.1 Å². The number of likely N-dealkylation sites (N-methyl/N-ethyl adjacent to an activating group) is 1. The smallest absolute Gasteiger partial charge is 0.119 e. The third kappa shape index (κ3) is 3.03. The van der Waals surface area contributed by atoms with Crippen LogP contribution in [0.5, 0.6) is 5.75 Å². The fourth-order valence-electron chi connectivity index (χ4n) is 2.50. The zero-order valence-corrected chi connectivity index (χ0v) is 11.5. The maximum absolute atomic E-state index is 5.71. The molecule has 0 saturated heterocycles. The summed E-state index contributed by atoms with van der Waals surface area (Å²) < 4.78 is 11.0. The van der Waals surface area contributed by atoms with E-state index in [1.54, 1.807) is 7.11 Å². The first-order valence-corrected chi connectivity index (χ1v) is 6.70. The molecule has 1 saturated carbocycles. The number of benzene rings is 1. The first-order chi connectivity index (χ1) is 8.80. The van der Waals surface area contributed by atoms with Crippen LogP contribution in [0.2, 0.25) is 0 Å². The van der Waals surface area contributed by atoms with Crippen LogP contribution < -0.4 is 10.1 Å². The molecule has 1 fully saturated rings. The summed E-state index contributed by atoms with van der Waals surface area (Å²) in [6.45, 7) is 3.07. The van der Waals surface area contributed by atoms with Gasteiger partial charge in [-0.25, -0.2) is 0 Å².